The van der Waals surface area contributed by atoms with E-state index in [-0.39, 0.29) is 0 Å². The highest BCUT2D eigenvalue weighted by atomic mass is 14.7. The van der Waals surface area contributed by atoms with Gasteiger partial charge in [0.2, 0.25) is 0 Å². The van der Waals surface area contributed by atoms with Gasteiger partial charge in [-0.15, -0.1) is 0 Å². The fourth-order valence-electron chi connectivity index (χ4n) is 2.58. The zero-order valence-electron chi connectivity index (χ0n) is 9.15. The third-order valence-corrected chi connectivity index (χ3v) is 4.81. The van der Waals surface area contributed by atoms with E-state index in [9.17, 15) is 0 Å². The molecule has 0 heterocycles. The first kappa shape index (κ1) is 10.0. The average Bonchev–Trinajstić information content (AvgIpc) is 2.15. The van der Waals surface area contributed by atoms with Crippen LogP contribution in [0.4, 0.5) is 0 Å². The van der Waals surface area contributed by atoms with Crippen molar-refractivity contribution in [1.29, 1.82) is 0 Å². The lowest BCUT2D eigenvalue weighted by Crippen LogP contribution is -2.45. The molecule has 3 unspecified atom stereocenters. The lowest BCUT2D eigenvalue weighted by molar-refractivity contribution is 0.0729. The molecule has 1 nitrogen and oxygen atoms in total. The van der Waals surface area contributed by atoms with Gasteiger partial charge in [-0.25, -0.2) is 0 Å². The third kappa shape index (κ3) is 1.10. The minimum absolute atomic E-state index is 0.317. The van der Waals surface area contributed by atoms with Gasteiger partial charge in [0.15, 0.2) is 0 Å². The fourth-order valence-corrected chi connectivity index (χ4v) is 2.58. The van der Waals surface area contributed by atoms with Gasteiger partial charge in [0, 0.05) is 6.04 Å². The Balaban J connectivity index is 2.93. The lowest BCUT2D eigenvalue weighted by atomic mass is 9.63. The zero-order chi connectivity index (χ0) is 9.57. The van der Waals surface area contributed by atoms with E-state index in [2.05, 4.69) is 34.6 Å². The van der Waals surface area contributed by atoms with E-state index in [1.54, 1.807) is 0 Å². The van der Waals surface area contributed by atoms with Crippen LogP contribution in [0.2, 0.25) is 0 Å². The van der Waals surface area contributed by atoms with Crippen molar-refractivity contribution >= 4 is 0 Å². The van der Waals surface area contributed by atoms with Crippen LogP contribution in [0.5, 0.6) is 0 Å². The van der Waals surface area contributed by atoms with Gasteiger partial charge in [-0.1, -0.05) is 27.7 Å². The number of hydrogen-bond acceptors (Lipinski definition) is 1. The molecule has 0 aromatic heterocycles. The van der Waals surface area contributed by atoms with E-state index in [0.717, 1.165) is 5.92 Å². The summed E-state index contributed by atoms with van der Waals surface area (Å²) in [6, 6.07) is 0.317. The highest BCUT2D eigenvalue weighted by Gasteiger charge is 2.51. The summed E-state index contributed by atoms with van der Waals surface area (Å²) in [7, 11) is 0. The van der Waals surface area contributed by atoms with Crippen LogP contribution in [-0.2, 0) is 0 Å². The molecule has 12 heavy (non-hydrogen) atoms. The van der Waals surface area contributed by atoms with Gasteiger partial charge in [0.05, 0.1) is 0 Å². The molecule has 0 radical (unpaired) electrons. The summed E-state index contributed by atoms with van der Waals surface area (Å²) >= 11 is 0. The molecular weight excluding hydrogens is 146 g/mol. The highest BCUT2D eigenvalue weighted by molar-refractivity contribution is 5.02. The Morgan fingerprint density at radius 3 is 2.00 bits per heavy atom. The maximum absolute atomic E-state index is 6.07. The Morgan fingerprint density at radius 1 is 1.33 bits per heavy atom. The van der Waals surface area contributed by atoms with Crippen LogP contribution < -0.4 is 5.73 Å². The molecule has 0 amide bonds. The van der Waals surface area contributed by atoms with E-state index < -0.39 is 0 Å². The first-order valence-corrected chi connectivity index (χ1v) is 5.08. The van der Waals surface area contributed by atoms with Gasteiger partial charge < -0.3 is 5.73 Å². The van der Waals surface area contributed by atoms with E-state index >= 15 is 0 Å². The second kappa shape index (κ2) is 2.73. The smallest absolute Gasteiger partial charge is 0.00695 e. The quantitative estimate of drug-likeness (QED) is 0.642. The number of nitrogens with two attached hydrogens (primary N) is 1. The van der Waals surface area contributed by atoms with Gasteiger partial charge in [-0.2, -0.15) is 0 Å². The maximum atomic E-state index is 6.07. The van der Waals surface area contributed by atoms with Crippen LogP contribution in [0.25, 0.3) is 0 Å². The van der Waals surface area contributed by atoms with Crippen molar-refractivity contribution in [1.82, 2.24) is 0 Å². The minimum atomic E-state index is 0.317. The SMILES string of the molecule is CC1CCC(C)(C(C)N)C1(C)C. The number of rotatable bonds is 1. The first-order chi connectivity index (χ1) is 5.32. The van der Waals surface area contributed by atoms with Gasteiger partial charge in [0.1, 0.15) is 0 Å². The van der Waals surface area contributed by atoms with Crippen molar-refractivity contribution in [3.8, 4) is 0 Å². The predicted molar refractivity (Wildman–Crippen MR) is 53.9 cm³/mol. The average molecular weight is 169 g/mol. The predicted octanol–water partition coefficient (Wildman–Crippen LogP) is 2.80. The molecule has 1 aliphatic carbocycles. The molecule has 0 aromatic carbocycles. The second-order valence-corrected chi connectivity index (χ2v) is 5.37. The summed E-state index contributed by atoms with van der Waals surface area (Å²) in [6.45, 7) is 11.6. The standard InChI is InChI=1S/C11H23N/c1-8-6-7-11(5,9(2)12)10(8,3)4/h8-9H,6-7,12H2,1-5H3. The van der Waals surface area contributed by atoms with Crippen LogP contribution in [0.3, 0.4) is 0 Å². The third-order valence-electron chi connectivity index (χ3n) is 4.81. The summed E-state index contributed by atoms with van der Waals surface area (Å²) in [5, 5.41) is 0. The Kier molecular flexibility index (Phi) is 2.28. The van der Waals surface area contributed by atoms with Crippen LogP contribution in [0.15, 0.2) is 0 Å². The van der Waals surface area contributed by atoms with E-state index in [1.165, 1.54) is 12.8 Å². The molecular formula is C11H23N. The second-order valence-electron chi connectivity index (χ2n) is 5.37. The maximum Gasteiger partial charge on any atom is 0.00695 e. The van der Waals surface area contributed by atoms with Crippen LogP contribution in [0, 0.1) is 16.7 Å². The number of hydrogen-bond donors (Lipinski definition) is 1. The molecule has 1 rings (SSSR count). The first-order valence-electron chi connectivity index (χ1n) is 5.08. The summed E-state index contributed by atoms with van der Waals surface area (Å²) in [5.74, 6) is 0.813. The van der Waals surface area contributed by atoms with Crippen molar-refractivity contribution in [2.45, 2.75) is 53.5 Å². The van der Waals surface area contributed by atoms with Crippen LogP contribution in [-0.4, -0.2) is 6.04 Å². The Hall–Kier alpha value is -0.0400. The van der Waals surface area contributed by atoms with Crippen LogP contribution >= 0.6 is 0 Å². The largest absolute Gasteiger partial charge is 0.327 e. The minimum Gasteiger partial charge on any atom is -0.327 e. The molecule has 0 bridgehead atoms. The summed E-state index contributed by atoms with van der Waals surface area (Å²) in [4.78, 5) is 0. The highest BCUT2D eigenvalue weighted by Crippen LogP contribution is 2.56. The normalized spacial score (nSPS) is 43.0. The molecule has 0 saturated heterocycles. The van der Waals surface area contributed by atoms with Gasteiger partial charge in [-0.05, 0) is 36.5 Å². The van der Waals surface area contributed by atoms with Crippen LogP contribution in [0.1, 0.15) is 47.5 Å². The molecule has 2 N–H and O–H groups in total. The molecule has 0 aromatic rings. The molecule has 0 spiro atoms. The fraction of sp³-hybridized carbons (Fsp3) is 1.00. The van der Waals surface area contributed by atoms with Gasteiger partial charge in [-0.3, -0.25) is 0 Å². The van der Waals surface area contributed by atoms with Gasteiger partial charge in [0.25, 0.3) is 0 Å². The molecule has 3 atom stereocenters. The summed E-state index contributed by atoms with van der Waals surface area (Å²) in [5.41, 5.74) is 6.81. The molecule has 1 saturated carbocycles. The summed E-state index contributed by atoms with van der Waals surface area (Å²) < 4.78 is 0. The van der Waals surface area contributed by atoms with E-state index in [4.69, 9.17) is 5.73 Å². The van der Waals surface area contributed by atoms with Crippen molar-refractivity contribution in [2.24, 2.45) is 22.5 Å². The topological polar surface area (TPSA) is 26.0 Å². The Bertz CT molecular complexity index is 172. The molecule has 1 fully saturated rings. The van der Waals surface area contributed by atoms with E-state index in [1.807, 2.05) is 0 Å². The van der Waals surface area contributed by atoms with Crippen molar-refractivity contribution < 1.29 is 0 Å². The summed E-state index contributed by atoms with van der Waals surface area (Å²) in [6.07, 6.45) is 2.63. The molecule has 1 heteroatoms. The van der Waals surface area contributed by atoms with Crippen molar-refractivity contribution in [2.75, 3.05) is 0 Å². The monoisotopic (exact) mass is 169 g/mol. The Labute approximate surface area is 76.7 Å². The van der Waals surface area contributed by atoms with Gasteiger partial charge >= 0.3 is 0 Å². The van der Waals surface area contributed by atoms with E-state index in [0.29, 0.717) is 16.9 Å². The Morgan fingerprint density at radius 2 is 1.83 bits per heavy atom. The molecule has 72 valence electrons. The molecule has 1 aliphatic rings. The van der Waals surface area contributed by atoms with Crippen molar-refractivity contribution in [3.63, 3.8) is 0 Å². The zero-order valence-corrected chi connectivity index (χ0v) is 9.15. The lowest BCUT2D eigenvalue weighted by Gasteiger charge is -2.44. The van der Waals surface area contributed by atoms with Crippen molar-refractivity contribution in [3.05, 3.63) is 0 Å². The molecule has 0 aliphatic heterocycles.